The van der Waals surface area contributed by atoms with Gasteiger partial charge in [0, 0.05) is 37.3 Å². The van der Waals surface area contributed by atoms with E-state index >= 15 is 0 Å². The van der Waals surface area contributed by atoms with Crippen LogP contribution >= 0.6 is 11.3 Å². The average Bonchev–Trinajstić information content (AvgIpc) is 3.45. The Morgan fingerprint density at radius 1 is 1.21 bits per heavy atom. The molecule has 2 aromatic rings. The maximum Gasteiger partial charge on any atom is 0.417 e. The number of anilines is 1. The van der Waals surface area contributed by atoms with Gasteiger partial charge in [-0.05, 0) is 39.7 Å². The summed E-state index contributed by atoms with van der Waals surface area (Å²) in [5, 5.41) is 25.2. The molecule has 0 bridgehead atoms. The van der Waals surface area contributed by atoms with Gasteiger partial charge in [-0.2, -0.15) is 26.3 Å². The van der Waals surface area contributed by atoms with Gasteiger partial charge in [0.2, 0.25) is 0 Å². The molecule has 17 heteroatoms. The van der Waals surface area contributed by atoms with E-state index in [9.17, 15) is 50.1 Å². The molecule has 2 aliphatic rings. The summed E-state index contributed by atoms with van der Waals surface area (Å²) in [6.45, 7) is 2.31. The fourth-order valence-corrected chi connectivity index (χ4v) is 5.66. The SMILES string of the molecule is C[C@H]1CC(F)(F)CN1C(O)c1nc(C(=O)NCC(C)(C)O)sc1-c1cnc(NCC2(C(F)(F)F)CC2)cc1C(F)(F)F. The van der Waals surface area contributed by atoms with E-state index in [0.29, 0.717) is 17.4 Å². The molecule has 4 rings (SSSR count). The smallest absolute Gasteiger partial charge is 0.389 e. The van der Waals surface area contributed by atoms with Crippen LogP contribution in [0.2, 0.25) is 0 Å². The van der Waals surface area contributed by atoms with Gasteiger partial charge in [-0.15, -0.1) is 11.3 Å². The predicted molar refractivity (Wildman–Crippen MR) is 136 cm³/mol. The van der Waals surface area contributed by atoms with Crippen LogP contribution in [0.5, 0.6) is 0 Å². The van der Waals surface area contributed by atoms with E-state index in [1.807, 2.05) is 0 Å². The Labute approximate surface area is 239 Å². The molecule has 1 aliphatic heterocycles. The fraction of sp³-hybridized carbons (Fsp3) is 0.640. The molecule has 1 amide bonds. The third-order valence-electron chi connectivity index (χ3n) is 7.18. The second-order valence-corrected chi connectivity index (χ2v) is 12.4. The van der Waals surface area contributed by atoms with Crippen molar-refractivity contribution < 1.29 is 50.1 Å². The Hall–Kier alpha value is -2.63. The van der Waals surface area contributed by atoms with Crippen LogP contribution in [0.25, 0.3) is 10.4 Å². The van der Waals surface area contributed by atoms with Gasteiger partial charge in [-0.1, -0.05) is 0 Å². The summed E-state index contributed by atoms with van der Waals surface area (Å²) in [5.41, 5.74) is -5.91. The van der Waals surface area contributed by atoms with Crippen molar-refractivity contribution >= 4 is 23.1 Å². The van der Waals surface area contributed by atoms with Crippen molar-refractivity contribution in [2.24, 2.45) is 5.41 Å². The number of alkyl halides is 8. The summed E-state index contributed by atoms with van der Waals surface area (Å²) >= 11 is 0.439. The number of nitrogens with zero attached hydrogens (tertiary/aromatic N) is 3. The largest absolute Gasteiger partial charge is 0.417 e. The van der Waals surface area contributed by atoms with E-state index in [0.717, 1.165) is 11.1 Å². The highest BCUT2D eigenvalue weighted by Gasteiger charge is 2.63. The Morgan fingerprint density at radius 2 is 1.86 bits per heavy atom. The molecule has 2 fully saturated rings. The van der Waals surface area contributed by atoms with E-state index in [1.54, 1.807) is 0 Å². The lowest BCUT2D eigenvalue weighted by Gasteiger charge is -2.26. The summed E-state index contributed by atoms with van der Waals surface area (Å²) in [6, 6.07) is -0.384. The maximum atomic E-state index is 14.3. The molecular weight excluding hydrogens is 602 g/mol. The van der Waals surface area contributed by atoms with Gasteiger partial charge in [0.1, 0.15) is 11.5 Å². The van der Waals surface area contributed by atoms with Crippen LogP contribution in [0.15, 0.2) is 12.3 Å². The number of likely N-dealkylation sites (tertiary alicyclic amines) is 1. The third kappa shape index (κ3) is 6.94. The van der Waals surface area contributed by atoms with Gasteiger partial charge in [-0.25, -0.2) is 18.7 Å². The number of carbonyl (C=O) groups excluding carboxylic acids is 1. The van der Waals surface area contributed by atoms with Gasteiger partial charge in [0.05, 0.1) is 28.0 Å². The number of hydrogen-bond acceptors (Lipinski definition) is 8. The molecule has 42 heavy (non-hydrogen) atoms. The van der Waals surface area contributed by atoms with Crippen LogP contribution in [-0.2, 0) is 6.18 Å². The number of aromatic nitrogens is 2. The fourth-order valence-electron chi connectivity index (χ4n) is 4.63. The summed E-state index contributed by atoms with van der Waals surface area (Å²) in [6.07, 6.45) is -11.8. The minimum absolute atomic E-state index is 0.178. The van der Waals surface area contributed by atoms with Crippen LogP contribution in [0.1, 0.15) is 67.3 Å². The van der Waals surface area contributed by atoms with Crippen LogP contribution < -0.4 is 10.6 Å². The molecule has 0 aromatic carbocycles. The number of thiazole rings is 1. The van der Waals surface area contributed by atoms with Crippen LogP contribution in [0.3, 0.4) is 0 Å². The van der Waals surface area contributed by atoms with Gasteiger partial charge in [0.15, 0.2) is 11.2 Å². The monoisotopic (exact) mass is 631 g/mol. The third-order valence-corrected chi connectivity index (χ3v) is 8.28. The van der Waals surface area contributed by atoms with Gasteiger partial charge < -0.3 is 20.8 Å². The van der Waals surface area contributed by atoms with Crippen molar-refractivity contribution in [1.82, 2.24) is 20.2 Å². The van der Waals surface area contributed by atoms with Crippen molar-refractivity contribution in [3.8, 4) is 10.4 Å². The maximum absolute atomic E-state index is 14.3. The average molecular weight is 632 g/mol. The topological polar surface area (TPSA) is 111 Å². The highest BCUT2D eigenvalue weighted by atomic mass is 32.1. The number of hydrogen-bond donors (Lipinski definition) is 4. The molecule has 2 aromatic heterocycles. The van der Waals surface area contributed by atoms with E-state index in [2.05, 4.69) is 20.6 Å². The lowest BCUT2D eigenvalue weighted by Crippen LogP contribution is -2.38. The number of carbonyl (C=O) groups is 1. The first-order valence-electron chi connectivity index (χ1n) is 12.8. The number of aliphatic hydroxyl groups is 2. The number of aliphatic hydroxyl groups excluding tert-OH is 1. The van der Waals surface area contributed by atoms with E-state index < -0.39 is 99.5 Å². The van der Waals surface area contributed by atoms with Crippen molar-refractivity contribution in [1.29, 1.82) is 0 Å². The van der Waals surface area contributed by atoms with E-state index in [-0.39, 0.29) is 19.4 Å². The molecule has 234 valence electrons. The standard InChI is InChI=1S/C25H29F8N5O3S/c1-12-7-23(26,27)11-38(12)20(40)16-17(42-19(37-16)18(39)36-9-21(2,3)41)13-8-34-15(6-14(13)24(28,29)30)35-10-22(4-5-22)25(31,32)33/h6,8,12,20,40-41H,4-5,7,9-11H2,1-3H3,(H,34,35)(H,36,39)/t12-,20?/m0/s1. The van der Waals surface area contributed by atoms with E-state index in [4.69, 9.17) is 0 Å². The number of halogens is 8. The highest BCUT2D eigenvalue weighted by Crippen LogP contribution is 2.57. The molecule has 1 unspecified atom stereocenters. The van der Waals surface area contributed by atoms with Gasteiger partial charge in [-0.3, -0.25) is 9.69 Å². The molecule has 8 nitrogen and oxygen atoms in total. The zero-order chi connectivity index (χ0) is 31.5. The summed E-state index contributed by atoms with van der Waals surface area (Å²) in [4.78, 5) is 21.2. The second kappa shape index (κ2) is 10.8. The lowest BCUT2D eigenvalue weighted by atomic mass is 10.1. The van der Waals surface area contributed by atoms with Crippen LogP contribution in [0.4, 0.5) is 40.9 Å². The van der Waals surface area contributed by atoms with E-state index in [1.165, 1.54) is 20.8 Å². The molecule has 4 N–H and O–H groups in total. The molecule has 3 heterocycles. The molecule has 1 saturated heterocycles. The van der Waals surface area contributed by atoms with Gasteiger partial charge in [0.25, 0.3) is 11.8 Å². The van der Waals surface area contributed by atoms with Crippen molar-refractivity contribution in [2.45, 2.75) is 76.2 Å². The first-order valence-corrected chi connectivity index (χ1v) is 13.7. The number of rotatable bonds is 9. The summed E-state index contributed by atoms with van der Waals surface area (Å²) in [5.74, 6) is -4.57. The Balaban J connectivity index is 1.75. The Morgan fingerprint density at radius 3 is 2.36 bits per heavy atom. The molecule has 1 aliphatic carbocycles. The van der Waals surface area contributed by atoms with Gasteiger partial charge >= 0.3 is 12.4 Å². The Bertz CT molecular complexity index is 1320. The number of amides is 1. The zero-order valence-electron chi connectivity index (χ0n) is 22.6. The summed E-state index contributed by atoms with van der Waals surface area (Å²) < 4.78 is 111. The van der Waals surface area contributed by atoms with Crippen molar-refractivity contribution in [2.75, 3.05) is 25.0 Å². The zero-order valence-corrected chi connectivity index (χ0v) is 23.4. The predicted octanol–water partition coefficient (Wildman–Crippen LogP) is 5.20. The van der Waals surface area contributed by atoms with Crippen LogP contribution in [-0.4, -0.2) is 74.4 Å². The molecule has 1 saturated carbocycles. The molecule has 0 spiro atoms. The minimum Gasteiger partial charge on any atom is -0.389 e. The quantitative estimate of drug-likeness (QED) is 0.282. The molecular formula is C25H29F8N5O3S. The number of nitrogens with one attached hydrogen (secondary N) is 2. The second-order valence-electron chi connectivity index (χ2n) is 11.4. The van der Waals surface area contributed by atoms with Crippen LogP contribution in [0, 0.1) is 5.41 Å². The minimum atomic E-state index is -5.07. The first-order chi connectivity index (χ1) is 19.1. The lowest BCUT2D eigenvalue weighted by molar-refractivity contribution is -0.182. The summed E-state index contributed by atoms with van der Waals surface area (Å²) in [7, 11) is 0. The highest BCUT2D eigenvalue weighted by molar-refractivity contribution is 7.17. The number of pyridine rings is 1. The molecule has 0 radical (unpaired) electrons. The van der Waals surface area contributed by atoms with Crippen molar-refractivity contribution in [3.05, 3.63) is 28.5 Å². The Kier molecular flexibility index (Phi) is 8.32. The molecule has 2 atom stereocenters. The normalized spacial score (nSPS) is 21.3. The van der Waals surface area contributed by atoms with Crippen molar-refractivity contribution in [3.63, 3.8) is 0 Å². The first kappa shape index (κ1) is 32.3.